The molecule has 27 heavy (non-hydrogen) atoms. The summed E-state index contributed by atoms with van der Waals surface area (Å²) in [5.74, 6) is -0.813. The van der Waals surface area contributed by atoms with Crippen molar-refractivity contribution in [3.05, 3.63) is 34.9 Å². The second kappa shape index (κ2) is 8.19. The number of rotatable bonds is 5. The molecule has 3 rings (SSSR count). The Bertz CT molecular complexity index is 697. The zero-order chi connectivity index (χ0) is 19.6. The Kier molecular flexibility index (Phi) is 6.11. The van der Waals surface area contributed by atoms with E-state index in [1.54, 1.807) is 0 Å². The highest BCUT2D eigenvalue weighted by molar-refractivity contribution is 6.30. The van der Waals surface area contributed by atoms with Crippen molar-refractivity contribution in [2.75, 3.05) is 19.7 Å². The van der Waals surface area contributed by atoms with Crippen LogP contribution >= 0.6 is 11.6 Å². The second-order valence-electron chi connectivity index (χ2n) is 8.39. The van der Waals surface area contributed by atoms with Gasteiger partial charge in [0.15, 0.2) is 0 Å². The van der Waals surface area contributed by atoms with Crippen LogP contribution in [-0.2, 0) is 20.7 Å². The van der Waals surface area contributed by atoms with Crippen molar-refractivity contribution in [3.8, 4) is 0 Å². The first-order valence-corrected chi connectivity index (χ1v) is 10.0. The minimum absolute atomic E-state index is 0.142. The number of hydrogen-bond donors (Lipinski definition) is 1. The van der Waals surface area contributed by atoms with Crippen LogP contribution in [0.5, 0.6) is 0 Å². The first kappa shape index (κ1) is 20.2. The van der Waals surface area contributed by atoms with Crippen LogP contribution in [0.3, 0.4) is 0 Å². The summed E-state index contributed by atoms with van der Waals surface area (Å²) in [5.41, 5.74) is 0.546. The number of likely N-dealkylation sites (tertiary alicyclic amines) is 1. The number of nitrogens with zero attached hydrogens (tertiary/aromatic N) is 1. The van der Waals surface area contributed by atoms with Crippen LogP contribution in [0, 0.1) is 17.3 Å². The summed E-state index contributed by atoms with van der Waals surface area (Å²) in [6.07, 6.45) is 2.62. The largest absolute Gasteiger partial charge is 0.481 e. The van der Waals surface area contributed by atoms with Crippen LogP contribution in [0.4, 0.5) is 0 Å². The molecule has 6 heteroatoms. The quantitative estimate of drug-likeness (QED) is 0.829. The van der Waals surface area contributed by atoms with Gasteiger partial charge in [0.05, 0.1) is 12.0 Å². The van der Waals surface area contributed by atoms with Crippen LogP contribution in [0.2, 0.25) is 5.02 Å². The summed E-state index contributed by atoms with van der Waals surface area (Å²) in [7, 11) is 0. The number of carbonyl (C=O) groups is 2. The van der Waals surface area contributed by atoms with Crippen LogP contribution < -0.4 is 0 Å². The Morgan fingerprint density at radius 1 is 1.26 bits per heavy atom. The molecule has 1 unspecified atom stereocenters. The van der Waals surface area contributed by atoms with Crippen molar-refractivity contribution in [2.24, 2.45) is 17.3 Å². The molecule has 2 aliphatic rings. The van der Waals surface area contributed by atoms with Gasteiger partial charge in [-0.25, -0.2) is 0 Å². The highest BCUT2D eigenvalue weighted by Crippen LogP contribution is 2.35. The van der Waals surface area contributed by atoms with Crippen LogP contribution in [0.25, 0.3) is 0 Å². The molecule has 2 atom stereocenters. The number of benzene rings is 1. The van der Waals surface area contributed by atoms with E-state index in [1.165, 1.54) is 0 Å². The van der Waals surface area contributed by atoms with Gasteiger partial charge >= 0.3 is 5.97 Å². The van der Waals surface area contributed by atoms with Gasteiger partial charge in [0.1, 0.15) is 0 Å². The molecule has 0 bridgehead atoms. The summed E-state index contributed by atoms with van der Waals surface area (Å²) < 4.78 is 5.72. The van der Waals surface area contributed by atoms with E-state index in [1.807, 2.05) is 43.0 Å². The number of hydrogen-bond acceptors (Lipinski definition) is 3. The van der Waals surface area contributed by atoms with Gasteiger partial charge in [0.25, 0.3) is 0 Å². The smallest absolute Gasteiger partial charge is 0.309 e. The summed E-state index contributed by atoms with van der Waals surface area (Å²) in [6.45, 7) is 5.79. The Morgan fingerprint density at radius 3 is 2.59 bits per heavy atom. The highest BCUT2D eigenvalue weighted by atomic mass is 35.5. The number of amides is 1. The first-order chi connectivity index (χ1) is 12.8. The maximum Gasteiger partial charge on any atom is 0.309 e. The van der Waals surface area contributed by atoms with Crippen molar-refractivity contribution in [3.63, 3.8) is 0 Å². The summed E-state index contributed by atoms with van der Waals surface area (Å²) in [5, 5.41) is 10.0. The van der Waals surface area contributed by atoms with Crippen LogP contribution in [0.1, 0.15) is 38.7 Å². The van der Waals surface area contributed by atoms with Gasteiger partial charge in [0, 0.05) is 30.1 Å². The van der Waals surface area contributed by atoms with Crippen molar-refractivity contribution < 1.29 is 19.4 Å². The van der Waals surface area contributed by atoms with Gasteiger partial charge in [-0.3, -0.25) is 9.59 Å². The molecule has 0 radical (unpaired) electrons. The van der Waals surface area contributed by atoms with E-state index < -0.39 is 17.3 Å². The summed E-state index contributed by atoms with van der Waals surface area (Å²) in [4.78, 5) is 26.4. The van der Waals surface area contributed by atoms with E-state index in [0.717, 1.165) is 18.4 Å². The molecule has 0 saturated carbocycles. The molecule has 2 fully saturated rings. The Morgan fingerprint density at radius 2 is 1.96 bits per heavy atom. The fourth-order valence-electron chi connectivity index (χ4n) is 4.43. The van der Waals surface area contributed by atoms with Crippen molar-refractivity contribution in [1.82, 2.24) is 4.90 Å². The van der Waals surface area contributed by atoms with E-state index >= 15 is 0 Å². The molecule has 2 aliphatic heterocycles. The molecule has 1 amide bonds. The van der Waals surface area contributed by atoms with E-state index in [2.05, 4.69) is 0 Å². The predicted octanol–water partition coefficient (Wildman–Crippen LogP) is 3.64. The molecule has 0 spiro atoms. The van der Waals surface area contributed by atoms with Gasteiger partial charge in [0.2, 0.25) is 5.91 Å². The van der Waals surface area contributed by atoms with Crippen molar-refractivity contribution >= 4 is 23.5 Å². The van der Waals surface area contributed by atoms with Gasteiger partial charge in [-0.15, -0.1) is 0 Å². The lowest BCUT2D eigenvalue weighted by atomic mass is 9.81. The van der Waals surface area contributed by atoms with Crippen molar-refractivity contribution in [1.29, 1.82) is 0 Å². The Labute approximate surface area is 165 Å². The molecule has 5 nitrogen and oxygen atoms in total. The lowest BCUT2D eigenvalue weighted by molar-refractivity contribution is -0.147. The molecule has 2 saturated heterocycles. The van der Waals surface area contributed by atoms with Gasteiger partial charge in [-0.2, -0.15) is 0 Å². The van der Waals surface area contributed by atoms with E-state index in [-0.39, 0.29) is 17.9 Å². The zero-order valence-corrected chi connectivity index (χ0v) is 16.7. The topological polar surface area (TPSA) is 66.8 Å². The minimum atomic E-state index is -0.765. The third-order valence-corrected chi connectivity index (χ3v) is 6.09. The average Bonchev–Trinajstić information content (AvgIpc) is 3.11. The molecule has 0 aromatic heterocycles. The number of ether oxygens (including phenoxy) is 1. The number of carboxylic acid groups (broad SMARTS) is 1. The van der Waals surface area contributed by atoms with Crippen LogP contribution in [0.15, 0.2) is 24.3 Å². The van der Waals surface area contributed by atoms with Gasteiger partial charge < -0.3 is 14.7 Å². The predicted molar refractivity (Wildman–Crippen MR) is 104 cm³/mol. The summed E-state index contributed by atoms with van der Waals surface area (Å²) in [6, 6.07) is 7.65. The molecular weight excluding hydrogens is 366 g/mol. The maximum absolute atomic E-state index is 13.1. The number of halogens is 1. The SMILES string of the molecule is CC(C)(Cc1cccc(Cl)c1)C(=O)N1CCC([C@@H]2OCCC2C(=O)O)CC1. The fourth-order valence-corrected chi connectivity index (χ4v) is 4.64. The number of aliphatic carboxylic acids is 1. The monoisotopic (exact) mass is 393 g/mol. The van der Waals surface area contributed by atoms with E-state index in [9.17, 15) is 14.7 Å². The Balaban J connectivity index is 1.58. The molecule has 1 aromatic carbocycles. The maximum atomic E-state index is 13.1. The lowest BCUT2D eigenvalue weighted by Gasteiger charge is -2.39. The van der Waals surface area contributed by atoms with Gasteiger partial charge in [-0.05, 0) is 49.3 Å². The minimum Gasteiger partial charge on any atom is -0.481 e. The molecule has 148 valence electrons. The fraction of sp³-hybridized carbons (Fsp3) is 0.619. The second-order valence-corrected chi connectivity index (χ2v) is 8.83. The molecule has 0 aliphatic carbocycles. The highest BCUT2D eigenvalue weighted by Gasteiger charge is 2.42. The van der Waals surface area contributed by atoms with Gasteiger partial charge in [-0.1, -0.05) is 37.6 Å². The number of carbonyl (C=O) groups excluding carboxylic acids is 1. The summed E-state index contributed by atoms with van der Waals surface area (Å²) >= 11 is 6.07. The van der Waals surface area contributed by atoms with E-state index in [4.69, 9.17) is 16.3 Å². The number of carboxylic acids is 1. The average molecular weight is 394 g/mol. The zero-order valence-electron chi connectivity index (χ0n) is 16.0. The number of piperidine rings is 1. The first-order valence-electron chi connectivity index (χ1n) is 9.66. The lowest BCUT2D eigenvalue weighted by Crippen LogP contribution is -2.48. The van der Waals surface area contributed by atoms with Crippen molar-refractivity contribution in [2.45, 2.75) is 45.6 Å². The molecule has 1 N–H and O–H groups in total. The Hall–Kier alpha value is -1.59. The third-order valence-electron chi connectivity index (χ3n) is 5.86. The molecule has 2 heterocycles. The normalized spacial score (nSPS) is 24.2. The molecule has 1 aromatic rings. The van der Waals surface area contributed by atoms with E-state index in [0.29, 0.717) is 37.6 Å². The van der Waals surface area contributed by atoms with Crippen LogP contribution in [-0.4, -0.2) is 47.7 Å². The standard InChI is InChI=1S/C21H28ClNO4/c1-21(2,13-14-4-3-5-16(22)12-14)20(26)23-9-6-15(7-10-23)18-17(19(24)25)8-11-27-18/h3-5,12,15,17-18H,6-11,13H2,1-2H3,(H,24,25)/t17?,18-/m0/s1. The molecular formula is C21H28ClNO4. The third kappa shape index (κ3) is 4.64.